The SMILES string of the molecule is C\C=C(F)/C=C(C=C(C)CC)/C(=C\n1cnc(-c2cc(C(F)(F)F)cc(C(F)(F)F)c2)n1)C(N)=O. The molecule has 0 saturated carbocycles. The topological polar surface area (TPSA) is 73.8 Å². The molecule has 0 atom stereocenters. The highest BCUT2D eigenvalue weighted by molar-refractivity contribution is 6.00. The lowest BCUT2D eigenvalue weighted by Crippen LogP contribution is -2.16. The summed E-state index contributed by atoms with van der Waals surface area (Å²) in [6, 6.07) is 0.947. The van der Waals surface area contributed by atoms with Crippen LogP contribution in [0.1, 0.15) is 38.3 Å². The number of hydrogen-bond acceptors (Lipinski definition) is 3. The molecule has 1 amide bonds. The van der Waals surface area contributed by atoms with Crippen LogP contribution >= 0.6 is 0 Å². The van der Waals surface area contributed by atoms with Crippen molar-refractivity contribution in [1.82, 2.24) is 14.8 Å². The molecule has 0 aliphatic heterocycles. The Morgan fingerprint density at radius 2 is 1.63 bits per heavy atom. The van der Waals surface area contributed by atoms with E-state index in [1.165, 1.54) is 13.0 Å². The van der Waals surface area contributed by atoms with Crippen LogP contribution in [0.5, 0.6) is 0 Å². The highest BCUT2D eigenvalue weighted by atomic mass is 19.4. The number of alkyl halides is 6. The Hall–Kier alpha value is -3.70. The van der Waals surface area contributed by atoms with Crippen molar-refractivity contribution >= 4 is 12.1 Å². The minimum atomic E-state index is -5.04. The number of carbonyl (C=O) groups excluding carboxylic acids is 1. The van der Waals surface area contributed by atoms with Crippen molar-refractivity contribution in [2.24, 2.45) is 5.73 Å². The van der Waals surface area contributed by atoms with Gasteiger partial charge in [0.2, 0.25) is 0 Å². The van der Waals surface area contributed by atoms with Crippen LogP contribution in [0, 0.1) is 0 Å². The van der Waals surface area contributed by atoms with Crippen molar-refractivity contribution < 1.29 is 35.5 Å². The van der Waals surface area contributed by atoms with Gasteiger partial charge in [-0.15, -0.1) is 5.10 Å². The standard InChI is InChI=1S/C23H21F7N4O/c1-4-13(3)6-14(9-18(24)5-2)19(20(31)35)11-34-12-32-21(33-34)15-7-16(22(25,26)27)10-17(8-15)23(28,29)30/h5-12H,4H2,1-3H3,(H2,31,35)/b13-6?,14-9+,18-5+,19-11+. The van der Waals surface area contributed by atoms with Crippen molar-refractivity contribution in [3.63, 3.8) is 0 Å². The molecule has 1 aromatic heterocycles. The highest BCUT2D eigenvalue weighted by Crippen LogP contribution is 2.38. The molecular formula is C23H21F7N4O. The summed E-state index contributed by atoms with van der Waals surface area (Å²) in [6.07, 6.45) is -3.79. The Kier molecular flexibility index (Phi) is 8.42. The van der Waals surface area contributed by atoms with Crippen LogP contribution in [0.2, 0.25) is 0 Å². The molecule has 2 N–H and O–H groups in total. The second-order valence-electron chi connectivity index (χ2n) is 7.37. The molecule has 0 fully saturated rings. The fourth-order valence-electron chi connectivity index (χ4n) is 2.76. The molecule has 12 heteroatoms. The first-order valence-electron chi connectivity index (χ1n) is 10.1. The predicted octanol–water partition coefficient (Wildman–Crippen LogP) is 6.46. The summed E-state index contributed by atoms with van der Waals surface area (Å²) < 4.78 is 93.8. The third kappa shape index (κ3) is 7.39. The summed E-state index contributed by atoms with van der Waals surface area (Å²) in [5, 5.41) is 3.86. The summed E-state index contributed by atoms with van der Waals surface area (Å²) in [5.41, 5.74) is 2.48. The van der Waals surface area contributed by atoms with Crippen LogP contribution < -0.4 is 5.73 Å². The first-order chi connectivity index (χ1) is 16.1. The number of nitrogens with zero attached hydrogens (tertiary/aromatic N) is 3. The van der Waals surface area contributed by atoms with E-state index < -0.39 is 46.6 Å². The molecule has 1 heterocycles. The minimum Gasteiger partial charge on any atom is -0.366 e. The van der Waals surface area contributed by atoms with E-state index in [0.717, 1.165) is 34.9 Å². The van der Waals surface area contributed by atoms with Gasteiger partial charge >= 0.3 is 12.4 Å². The Balaban J connectivity index is 2.64. The normalized spacial score (nSPS) is 14.5. The average Bonchev–Trinajstić information content (AvgIpc) is 3.23. The van der Waals surface area contributed by atoms with Gasteiger partial charge in [-0.3, -0.25) is 4.79 Å². The number of carbonyl (C=O) groups is 1. The van der Waals surface area contributed by atoms with Gasteiger partial charge in [0.25, 0.3) is 5.91 Å². The molecule has 0 aliphatic carbocycles. The third-order valence-electron chi connectivity index (χ3n) is 4.72. The molecule has 188 valence electrons. The molecule has 0 unspecified atom stereocenters. The molecule has 2 rings (SSSR count). The zero-order valence-electron chi connectivity index (χ0n) is 18.8. The lowest BCUT2D eigenvalue weighted by atomic mass is 10.0. The maximum Gasteiger partial charge on any atom is 0.416 e. The van der Waals surface area contributed by atoms with Gasteiger partial charge in [0.05, 0.1) is 16.7 Å². The van der Waals surface area contributed by atoms with Crippen molar-refractivity contribution in [3.8, 4) is 11.4 Å². The summed E-state index contributed by atoms with van der Waals surface area (Å²) >= 11 is 0. The largest absolute Gasteiger partial charge is 0.416 e. The van der Waals surface area contributed by atoms with E-state index in [4.69, 9.17) is 5.73 Å². The summed E-state index contributed by atoms with van der Waals surface area (Å²) in [5.74, 6) is -2.11. The van der Waals surface area contributed by atoms with Crippen LogP contribution in [0.25, 0.3) is 17.6 Å². The molecule has 0 saturated heterocycles. The third-order valence-corrected chi connectivity index (χ3v) is 4.72. The van der Waals surface area contributed by atoms with Crippen molar-refractivity contribution in [2.75, 3.05) is 0 Å². The van der Waals surface area contributed by atoms with Gasteiger partial charge in [-0.25, -0.2) is 14.1 Å². The zero-order valence-corrected chi connectivity index (χ0v) is 18.8. The van der Waals surface area contributed by atoms with Gasteiger partial charge in [-0.2, -0.15) is 26.3 Å². The van der Waals surface area contributed by atoms with Gasteiger partial charge in [0, 0.05) is 11.8 Å². The maximum atomic E-state index is 14.0. The number of aromatic nitrogens is 3. The van der Waals surface area contributed by atoms with Crippen molar-refractivity contribution in [2.45, 2.75) is 39.5 Å². The molecule has 2 aromatic rings. The van der Waals surface area contributed by atoms with Crippen LogP contribution in [0.3, 0.4) is 0 Å². The maximum absolute atomic E-state index is 14.0. The number of rotatable bonds is 7. The smallest absolute Gasteiger partial charge is 0.366 e. The van der Waals surface area contributed by atoms with Crippen LogP contribution in [0.4, 0.5) is 30.7 Å². The Labute approximate surface area is 196 Å². The number of amides is 1. The highest BCUT2D eigenvalue weighted by Gasteiger charge is 2.37. The molecule has 5 nitrogen and oxygen atoms in total. The number of benzene rings is 1. The summed E-state index contributed by atoms with van der Waals surface area (Å²) in [6.45, 7) is 5.00. The monoisotopic (exact) mass is 502 g/mol. The van der Waals surface area contributed by atoms with E-state index in [-0.39, 0.29) is 17.2 Å². The van der Waals surface area contributed by atoms with Gasteiger partial charge < -0.3 is 5.73 Å². The van der Waals surface area contributed by atoms with Gasteiger partial charge in [0.1, 0.15) is 12.2 Å². The second kappa shape index (κ2) is 10.7. The molecular weight excluding hydrogens is 481 g/mol. The summed E-state index contributed by atoms with van der Waals surface area (Å²) in [7, 11) is 0. The van der Waals surface area contributed by atoms with Crippen LogP contribution in [-0.4, -0.2) is 20.7 Å². The van der Waals surface area contributed by atoms with Crippen molar-refractivity contribution in [1.29, 1.82) is 0 Å². The fraction of sp³-hybridized carbons (Fsp3) is 0.261. The van der Waals surface area contributed by atoms with E-state index in [9.17, 15) is 35.5 Å². The Morgan fingerprint density at radius 3 is 2.09 bits per heavy atom. The van der Waals surface area contributed by atoms with Gasteiger partial charge in [0.15, 0.2) is 5.82 Å². The quantitative estimate of drug-likeness (QED) is 0.268. The fourth-order valence-corrected chi connectivity index (χ4v) is 2.76. The van der Waals surface area contributed by atoms with Crippen molar-refractivity contribution in [3.05, 3.63) is 76.4 Å². The van der Waals surface area contributed by atoms with E-state index >= 15 is 0 Å². The molecule has 0 bridgehead atoms. The Morgan fingerprint density at radius 1 is 1.06 bits per heavy atom. The molecule has 0 aliphatic rings. The van der Waals surface area contributed by atoms with Gasteiger partial charge in [-0.1, -0.05) is 24.6 Å². The van der Waals surface area contributed by atoms with Crippen LogP contribution in [0.15, 0.2) is 65.3 Å². The first kappa shape index (κ1) is 27.5. The first-order valence-corrected chi connectivity index (χ1v) is 10.1. The number of nitrogens with two attached hydrogens (primary N) is 1. The summed E-state index contributed by atoms with van der Waals surface area (Å²) in [4.78, 5) is 15.9. The lowest BCUT2D eigenvalue weighted by molar-refractivity contribution is -0.143. The lowest BCUT2D eigenvalue weighted by Gasteiger charge is -2.13. The number of allylic oxidation sites excluding steroid dienone is 5. The molecule has 0 radical (unpaired) electrons. The molecule has 35 heavy (non-hydrogen) atoms. The van der Waals surface area contributed by atoms with E-state index in [1.807, 2.05) is 6.92 Å². The Bertz CT molecular complexity index is 1180. The minimum absolute atomic E-state index is 0.0130. The molecule has 1 aromatic carbocycles. The van der Waals surface area contributed by atoms with E-state index in [1.54, 1.807) is 6.92 Å². The average molecular weight is 502 g/mol. The van der Waals surface area contributed by atoms with E-state index in [0.29, 0.717) is 18.6 Å². The van der Waals surface area contributed by atoms with Gasteiger partial charge in [-0.05, 0) is 50.1 Å². The number of primary amides is 1. The van der Waals surface area contributed by atoms with Crippen LogP contribution in [-0.2, 0) is 17.1 Å². The zero-order chi connectivity index (χ0) is 26.6. The van der Waals surface area contributed by atoms with E-state index in [2.05, 4.69) is 10.1 Å². The second-order valence-corrected chi connectivity index (χ2v) is 7.37. The predicted molar refractivity (Wildman–Crippen MR) is 116 cm³/mol. The number of halogens is 7. The molecule has 0 spiro atoms. The number of hydrogen-bond donors (Lipinski definition) is 1.